The van der Waals surface area contributed by atoms with Crippen molar-refractivity contribution in [2.45, 2.75) is 44.6 Å². The van der Waals surface area contributed by atoms with Crippen molar-refractivity contribution in [3.63, 3.8) is 0 Å². The Morgan fingerprint density at radius 3 is 2.69 bits per heavy atom. The van der Waals surface area contributed by atoms with Gasteiger partial charge in [-0.15, -0.1) is 0 Å². The van der Waals surface area contributed by atoms with Crippen molar-refractivity contribution >= 4 is 12.2 Å². The first kappa shape index (κ1) is 8.73. The summed E-state index contributed by atoms with van der Waals surface area (Å²) in [4.78, 5) is 15.8. The van der Waals surface area contributed by atoms with Crippen LogP contribution in [0, 0.1) is 5.92 Å². The quantitative estimate of drug-likeness (QED) is 0.652. The van der Waals surface area contributed by atoms with Crippen LogP contribution in [0.5, 0.6) is 0 Å². The van der Waals surface area contributed by atoms with Gasteiger partial charge in [-0.25, -0.2) is 0 Å². The highest BCUT2D eigenvalue weighted by molar-refractivity contribution is 5.99. The lowest BCUT2D eigenvalue weighted by molar-refractivity contribution is -0.125. The SMILES string of the molecule is CC1(C2CCCCC2)N=CNC1=O. The summed E-state index contributed by atoms with van der Waals surface area (Å²) in [6, 6.07) is 0. The minimum absolute atomic E-state index is 0.0828. The molecule has 0 spiro atoms. The summed E-state index contributed by atoms with van der Waals surface area (Å²) < 4.78 is 0. The van der Waals surface area contributed by atoms with Crippen LogP contribution in [-0.4, -0.2) is 17.8 Å². The molecule has 0 bridgehead atoms. The lowest BCUT2D eigenvalue weighted by Gasteiger charge is -2.32. The molecular weight excluding hydrogens is 164 g/mol. The minimum Gasteiger partial charge on any atom is -0.315 e. The standard InChI is InChI=1S/C10H16N2O/c1-10(9(13)11-7-12-10)8-5-3-2-4-6-8/h7-8H,2-6H2,1H3,(H,11,12,13). The largest absolute Gasteiger partial charge is 0.315 e. The third kappa shape index (κ3) is 1.36. The van der Waals surface area contributed by atoms with E-state index in [4.69, 9.17) is 0 Å². The van der Waals surface area contributed by atoms with Crippen molar-refractivity contribution in [1.29, 1.82) is 0 Å². The zero-order valence-corrected chi connectivity index (χ0v) is 8.05. The molecule has 2 aliphatic rings. The fourth-order valence-corrected chi connectivity index (χ4v) is 2.39. The van der Waals surface area contributed by atoms with Crippen LogP contribution >= 0.6 is 0 Å². The first-order valence-corrected chi connectivity index (χ1v) is 5.08. The third-order valence-electron chi connectivity index (χ3n) is 3.39. The van der Waals surface area contributed by atoms with Gasteiger partial charge in [0, 0.05) is 0 Å². The van der Waals surface area contributed by atoms with Gasteiger partial charge in [-0.1, -0.05) is 19.3 Å². The predicted octanol–water partition coefficient (Wildman–Crippen LogP) is 1.48. The second-order valence-corrected chi connectivity index (χ2v) is 4.21. The number of rotatable bonds is 1. The van der Waals surface area contributed by atoms with Gasteiger partial charge >= 0.3 is 0 Å². The Balaban J connectivity index is 2.12. The molecule has 1 fully saturated rings. The maximum atomic E-state index is 11.6. The molecule has 2 rings (SSSR count). The lowest BCUT2D eigenvalue weighted by Crippen LogP contribution is -2.43. The fraction of sp³-hybridized carbons (Fsp3) is 0.800. The number of nitrogens with zero attached hydrogens (tertiary/aromatic N) is 1. The van der Waals surface area contributed by atoms with Gasteiger partial charge < -0.3 is 5.32 Å². The van der Waals surface area contributed by atoms with Crippen molar-refractivity contribution in [2.24, 2.45) is 10.9 Å². The molecule has 0 aromatic carbocycles. The van der Waals surface area contributed by atoms with Crippen LogP contribution in [0.1, 0.15) is 39.0 Å². The predicted molar refractivity (Wildman–Crippen MR) is 51.6 cm³/mol. The first-order chi connectivity index (χ1) is 6.23. The summed E-state index contributed by atoms with van der Waals surface area (Å²) in [6.07, 6.45) is 7.68. The Bertz CT molecular complexity index is 243. The van der Waals surface area contributed by atoms with E-state index in [1.807, 2.05) is 6.92 Å². The zero-order valence-electron chi connectivity index (χ0n) is 8.05. The molecule has 1 aliphatic carbocycles. The molecule has 1 saturated carbocycles. The molecule has 0 aromatic rings. The molecule has 13 heavy (non-hydrogen) atoms. The van der Waals surface area contributed by atoms with E-state index in [-0.39, 0.29) is 5.91 Å². The Morgan fingerprint density at radius 1 is 1.46 bits per heavy atom. The highest BCUT2D eigenvalue weighted by Crippen LogP contribution is 2.36. The smallest absolute Gasteiger partial charge is 0.253 e. The second kappa shape index (κ2) is 3.13. The van der Waals surface area contributed by atoms with Gasteiger partial charge in [0.2, 0.25) is 0 Å². The van der Waals surface area contributed by atoms with Gasteiger partial charge in [0.1, 0.15) is 5.54 Å². The van der Waals surface area contributed by atoms with Gasteiger partial charge in [-0.3, -0.25) is 9.79 Å². The molecule has 1 atom stereocenters. The van der Waals surface area contributed by atoms with Gasteiger partial charge in [0.05, 0.1) is 6.34 Å². The van der Waals surface area contributed by atoms with E-state index in [1.165, 1.54) is 19.3 Å². The number of amides is 1. The second-order valence-electron chi connectivity index (χ2n) is 4.21. The number of carbonyl (C=O) groups excluding carboxylic acids is 1. The van der Waals surface area contributed by atoms with Crippen molar-refractivity contribution in [3.8, 4) is 0 Å². The van der Waals surface area contributed by atoms with Crippen LogP contribution < -0.4 is 5.32 Å². The minimum atomic E-state index is -0.458. The van der Waals surface area contributed by atoms with E-state index in [0.717, 1.165) is 12.8 Å². The molecule has 3 heteroatoms. The number of hydrogen-bond donors (Lipinski definition) is 1. The van der Waals surface area contributed by atoms with E-state index in [2.05, 4.69) is 10.3 Å². The molecule has 1 unspecified atom stereocenters. The highest BCUT2D eigenvalue weighted by Gasteiger charge is 2.43. The first-order valence-electron chi connectivity index (χ1n) is 5.08. The van der Waals surface area contributed by atoms with Crippen LogP contribution in [0.25, 0.3) is 0 Å². The average molecular weight is 180 g/mol. The van der Waals surface area contributed by atoms with Crippen LogP contribution in [0.4, 0.5) is 0 Å². The topological polar surface area (TPSA) is 41.5 Å². The summed E-state index contributed by atoms with van der Waals surface area (Å²) in [5.74, 6) is 0.541. The molecule has 1 aliphatic heterocycles. The highest BCUT2D eigenvalue weighted by atomic mass is 16.2. The van der Waals surface area contributed by atoms with Gasteiger partial charge in [0.25, 0.3) is 5.91 Å². The molecule has 1 heterocycles. The molecular formula is C10H16N2O. The summed E-state index contributed by atoms with van der Waals surface area (Å²) in [6.45, 7) is 1.96. The number of aliphatic imine (C=N–C) groups is 1. The monoisotopic (exact) mass is 180 g/mol. The fourth-order valence-electron chi connectivity index (χ4n) is 2.39. The normalized spacial score (nSPS) is 35.0. The van der Waals surface area contributed by atoms with Gasteiger partial charge in [0.15, 0.2) is 0 Å². The van der Waals surface area contributed by atoms with E-state index in [1.54, 1.807) is 6.34 Å². The van der Waals surface area contributed by atoms with Crippen molar-refractivity contribution < 1.29 is 4.79 Å². The molecule has 1 N–H and O–H groups in total. The summed E-state index contributed by atoms with van der Waals surface area (Å²) >= 11 is 0. The van der Waals surface area contributed by atoms with Gasteiger partial charge in [-0.05, 0) is 25.7 Å². The van der Waals surface area contributed by atoms with Gasteiger partial charge in [-0.2, -0.15) is 0 Å². The Hall–Kier alpha value is -0.860. The maximum absolute atomic E-state index is 11.6. The Labute approximate surface area is 78.6 Å². The van der Waals surface area contributed by atoms with Crippen molar-refractivity contribution in [3.05, 3.63) is 0 Å². The van der Waals surface area contributed by atoms with Crippen LogP contribution in [0.2, 0.25) is 0 Å². The Morgan fingerprint density at radius 2 is 2.15 bits per heavy atom. The third-order valence-corrected chi connectivity index (χ3v) is 3.39. The molecule has 0 aromatic heterocycles. The molecule has 72 valence electrons. The van der Waals surface area contributed by atoms with E-state index < -0.39 is 5.54 Å². The maximum Gasteiger partial charge on any atom is 0.253 e. The summed E-state index contributed by atoms with van der Waals surface area (Å²) in [5, 5.41) is 2.68. The Kier molecular flexibility index (Phi) is 2.10. The van der Waals surface area contributed by atoms with E-state index in [0.29, 0.717) is 5.92 Å². The van der Waals surface area contributed by atoms with Crippen LogP contribution in [0.3, 0.4) is 0 Å². The molecule has 0 radical (unpaired) electrons. The van der Waals surface area contributed by atoms with Crippen molar-refractivity contribution in [1.82, 2.24) is 5.32 Å². The van der Waals surface area contributed by atoms with Crippen LogP contribution in [0.15, 0.2) is 4.99 Å². The van der Waals surface area contributed by atoms with E-state index >= 15 is 0 Å². The van der Waals surface area contributed by atoms with E-state index in [9.17, 15) is 4.79 Å². The number of hydrogen-bond acceptors (Lipinski definition) is 2. The zero-order chi connectivity index (χ0) is 9.31. The summed E-state index contributed by atoms with van der Waals surface area (Å²) in [7, 11) is 0. The number of carbonyl (C=O) groups is 1. The average Bonchev–Trinajstić information content (AvgIpc) is 2.50. The number of nitrogens with one attached hydrogen (secondary N) is 1. The lowest BCUT2D eigenvalue weighted by atomic mass is 9.76. The van der Waals surface area contributed by atoms with Crippen LogP contribution in [-0.2, 0) is 4.79 Å². The molecule has 1 amide bonds. The van der Waals surface area contributed by atoms with Crippen molar-refractivity contribution in [2.75, 3.05) is 0 Å². The molecule has 0 saturated heterocycles. The summed E-state index contributed by atoms with van der Waals surface area (Å²) in [5.41, 5.74) is -0.458. The molecule has 3 nitrogen and oxygen atoms in total.